The number of hydrogen-bond acceptors (Lipinski definition) is 29. The zero-order valence-electron chi connectivity index (χ0n) is 56.0. The first kappa shape index (κ1) is 88.8. The van der Waals surface area contributed by atoms with E-state index >= 15 is 0 Å². The van der Waals surface area contributed by atoms with E-state index in [2.05, 4.69) is 255 Å². The molecule has 0 spiro atoms. The van der Waals surface area contributed by atoms with Gasteiger partial charge in [0, 0.05) is 56.5 Å². The van der Waals surface area contributed by atoms with Gasteiger partial charge in [0.05, 0.1) is 84.2 Å². The molecule has 36 nitrogen and oxygen atoms in total. The minimum Gasteiger partial charge on any atom is -0.857 e. The maximum atomic E-state index is 11.7. The largest absolute Gasteiger partial charge is 1.00 e. The number of rotatable bonds is 10. The number of aryl methyl sites for hydroxylation is 4. The van der Waals surface area contributed by atoms with Gasteiger partial charge in [0.25, 0.3) is 5.56 Å². The molecule has 13 heterocycles. The summed E-state index contributed by atoms with van der Waals surface area (Å²) in [6.45, 7) is 10.8. The van der Waals surface area contributed by atoms with E-state index in [0.717, 1.165) is 116 Å². The van der Waals surface area contributed by atoms with Crippen LogP contribution in [0.4, 0.5) is 24.5 Å². The third kappa shape index (κ3) is 23.6. The van der Waals surface area contributed by atoms with Crippen LogP contribution in [0.2, 0.25) is 0 Å². The van der Waals surface area contributed by atoms with Crippen molar-refractivity contribution >= 4 is 234 Å². The molecule has 0 aliphatic heterocycles. The third-order valence-electron chi connectivity index (χ3n) is 12.7. The molecule has 0 unspecified atom stereocenters. The van der Waals surface area contributed by atoms with Crippen LogP contribution in [0.15, 0.2) is 113 Å². The van der Waals surface area contributed by atoms with Gasteiger partial charge < -0.3 is 55.3 Å². The van der Waals surface area contributed by atoms with Gasteiger partial charge in [0.15, 0.2) is 27.6 Å². The summed E-state index contributed by atoms with van der Waals surface area (Å²) in [6.07, 6.45) is 6.75. The molecule has 50 heteroatoms. The van der Waals surface area contributed by atoms with Gasteiger partial charge in [-0.1, -0.05) is 22.6 Å². The Labute approximate surface area is 688 Å². The smallest absolute Gasteiger partial charge is 0.857 e. The van der Waals surface area contributed by atoms with Crippen molar-refractivity contribution in [2.75, 3.05) is 47.0 Å². The van der Waals surface area contributed by atoms with Gasteiger partial charge in [-0.2, -0.15) is 57.7 Å². The number of methoxy groups -OCH3 is 4. The third-order valence-corrected chi connectivity index (χ3v) is 18.0. The van der Waals surface area contributed by atoms with E-state index in [4.69, 9.17) is 45.6 Å². The quantitative estimate of drug-likeness (QED) is 0.0548. The molecule has 14 aromatic rings. The number of nitrogens with zero attached hydrogens (tertiary/aromatic N) is 22. The molecule has 0 aliphatic carbocycles. The summed E-state index contributed by atoms with van der Waals surface area (Å²) in [6, 6.07) is 4.27. The monoisotopic (exact) mass is 2040 g/mol. The Kier molecular flexibility index (Phi) is 36.0. The topological polar surface area (TPSA) is 478 Å². The summed E-state index contributed by atoms with van der Waals surface area (Å²) in [5.74, 6) is 1.63. The number of nitrogens with one attached hydrogen (secondary N) is 3. The summed E-state index contributed by atoms with van der Waals surface area (Å²) in [7, 11) is 5.32. The second kappa shape index (κ2) is 42.6. The molecule has 1 aromatic carbocycles. The summed E-state index contributed by atoms with van der Waals surface area (Å²) < 4.78 is 69.4. The molecular formula is C55H55BBr9F3N27NaO9. The zero-order chi connectivity index (χ0) is 76.7. The molecule has 0 radical (unpaired) electrons. The number of alkyl halides is 3. The molecule has 552 valence electrons. The van der Waals surface area contributed by atoms with Gasteiger partial charge >= 0.3 is 43.0 Å². The van der Waals surface area contributed by atoms with E-state index in [-0.39, 0.29) is 40.6 Å². The van der Waals surface area contributed by atoms with E-state index in [1.165, 1.54) is 4.80 Å². The average Bonchev–Trinajstić information content (AvgIpc) is 1.76. The van der Waals surface area contributed by atoms with Gasteiger partial charge in [-0.3, -0.25) is 4.79 Å². The van der Waals surface area contributed by atoms with E-state index in [1.54, 1.807) is 86.0 Å². The van der Waals surface area contributed by atoms with Crippen molar-refractivity contribution in [3.05, 3.63) is 119 Å². The fraction of sp³-hybridized carbons (Fsp3) is 0.255. The van der Waals surface area contributed by atoms with Crippen molar-refractivity contribution in [3.8, 4) is 29.3 Å². The van der Waals surface area contributed by atoms with Crippen LogP contribution in [0.1, 0.15) is 27.7 Å². The Morgan fingerprint density at radius 1 is 0.486 bits per heavy atom. The molecule has 0 saturated carbocycles. The number of fused-ring (bicyclic) bond motifs is 6. The predicted molar refractivity (Wildman–Crippen MR) is 408 cm³/mol. The number of halogens is 12. The zero-order valence-corrected chi connectivity index (χ0v) is 72.3. The van der Waals surface area contributed by atoms with Crippen molar-refractivity contribution in [1.29, 1.82) is 0 Å². The van der Waals surface area contributed by atoms with Crippen molar-refractivity contribution in [3.63, 3.8) is 0 Å². The Morgan fingerprint density at radius 3 is 1.39 bits per heavy atom. The number of benzene rings is 1. The number of aromatic nitrogens is 25. The van der Waals surface area contributed by atoms with Crippen LogP contribution in [0.5, 0.6) is 29.3 Å². The number of aromatic amines is 3. The number of H-pyrrole nitrogens is 3. The molecule has 14 rings (SSSR count). The maximum Gasteiger partial charge on any atom is 1.00 e. The normalized spacial score (nSPS) is 10.5. The van der Waals surface area contributed by atoms with Crippen LogP contribution in [-0.2, 0) is 26.2 Å². The Bertz CT molecular complexity index is 5110. The van der Waals surface area contributed by atoms with Crippen molar-refractivity contribution in [1.82, 2.24) is 126 Å². The van der Waals surface area contributed by atoms with Crippen LogP contribution in [0.25, 0.3) is 66.2 Å². The van der Waals surface area contributed by atoms with Crippen LogP contribution >= 0.6 is 143 Å². The minimum absolute atomic E-state index is 0. The molecule has 9 N–H and O–H groups in total. The molecule has 0 amide bonds. The van der Waals surface area contributed by atoms with Crippen LogP contribution in [0.3, 0.4) is 0 Å². The molecule has 0 fully saturated rings. The summed E-state index contributed by atoms with van der Waals surface area (Å²) in [5, 5.41) is 78.9. The fourth-order valence-corrected chi connectivity index (χ4v) is 11.3. The standard InChI is InChI=1S/3C8H9BrN4O.C7H6BF3O3.C7H7BrN4O.C6H5BrN4O.C5H2Br2N4.C5H5Br2N3.CH3O.Na/c1-3-13-7-5(9)4-10-8(14-2)6(7)11-12-13;1-3-13-7-6(11-12-13)5(9)4-10-8(7)14-2;1-3-13-11-6-5(9)4-10-8(14-2)7(6)12-13;9-7(10,11)14-6-3-1-5(2-4-6)8(12)13;1-2-12-10-5-4(8)3-9-7(13)6(5)11-12;1-12-6-5-4(9-11-10-5)3(7)2-8-6;6-2-1-8-5(7)4-3(2)9-11-10-4;6-2-1-10-5(7)4(9)3(2)8;1-2;/h3*4H,3H2,1-2H3;1-4,12-13H;3H,2H2,1H3,(H,9,13);2H,1H3,(H,9,10,11);1H,(H,9,10,11);1H,9H2,(H2,8,10);1H3;/q;;;;;;;;-1;+1. The molecule has 0 aliphatic rings. The SMILES string of the molecule is Brc1cnc(Br)c2n[nH]nc12.CCn1nc2c(Br)c[nH]c(=O)c2n1.CCn1nc2c(Br)cnc(OC)c2n1.CCn1nnc2c(Br)cnc(OC)c21.CCn1nnc2c(OC)ncc(Br)c21.COc1ncc(Br)c2n[nH]nc12.C[O-].Nc1c(Br)cnc(Br)c1N.OB(O)c1ccc(OC(F)(F)F)cc1.[Na+]. The first-order chi connectivity index (χ1) is 49.6. The van der Waals surface area contributed by atoms with Crippen LogP contribution < -0.4 is 80.8 Å². The molecule has 105 heavy (non-hydrogen) atoms. The summed E-state index contributed by atoms with van der Waals surface area (Å²) in [5.41, 5.74) is 20.4. The van der Waals surface area contributed by atoms with Crippen LogP contribution in [0, 0.1) is 0 Å². The predicted octanol–water partition coefficient (Wildman–Crippen LogP) is 6.77. The number of anilines is 2. The van der Waals surface area contributed by atoms with Gasteiger partial charge in [0.2, 0.25) is 23.5 Å². The van der Waals surface area contributed by atoms with Gasteiger partial charge in [-0.05, 0) is 189 Å². The van der Waals surface area contributed by atoms with E-state index in [1.807, 2.05) is 27.7 Å². The van der Waals surface area contributed by atoms with Crippen molar-refractivity contribution in [2.45, 2.75) is 60.2 Å². The van der Waals surface area contributed by atoms with Crippen molar-refractivity contribution < 1.29 is 81.6 Å². The van der Waals surface area contributed by atoms with E-state index in [0.29, 0.717) is 82.7 Å². The van der Waals surface area contributed by atoms with Gasteiger partial charge in [0.1, 0.15) is 53.6 Å². The number of hydrogen-bond donors (Lipinski definition) is 7. The Morgan fingerprint density at radius 2 is 0.895 bits per heavy atom. The number of nitrogen functional groups attached to an aromatic ring is 2. The summed E-state index contributed by atoms with van der Waals surface area (Å²) >= 11 is 29.6. The first-order valence-electron chi connectivity index (χ1n) is 28.9. The van der Waals surface area contributed by atoms with Gasteiger partial charge in [-0.25, -0.2) is 39.3 Å². The number of nitrogens with two attached hydrogens (primary N) is 2. The average molecular weight is 2050 g/mol. The molecular weight excluding hydrogens is 1990 g/mol. The Balaban J connectivity index is 0.000000215. The second-order valence-corrected chi connectivity index (χ2v) is 26.4. The number of ether oxygens (including phenoxy) is 5. The fourth-order valence-electron chi connectivity index (χ4n) is 7.89. The van der Waals surface area contributed by atoms with E-state index in [9.17, 15) is 18.0 Å². The molecule has 0 saturated heterocycles. The van der Waals surface area contributed by atoms with Crippen molar-refractivity contribution in [2.24, 2.45) is 0 Å². The van der Waals surface area contributed by atoms with E-state index < -0.39 is 19.2 Å². The second-order valence-electron chi connectivity index (χ2n) is 19.0. The summed E-state index contributed by atoms with van der Waals surface area (Å²) in [4.78, 5) is 41.2. The minimum atomic E-state index is -4.74. The van der Waals surface area contributed by atoms with Gasteiger partial charge in [-0.15, -0.1) is 33.6 Å². The molecule has 0 atom stereocenters. The molecule has 13 aromatic heterocycles. The first-order valence-corrected chi connectivity index (χ1v) is 36.0. The maximum absolute atomic E-state index is 11.7. The molecule has 0 bridgehead atoms. The number of pyridine rings is 7. The Hall–Kier alpha value is -6.88. The van der Waals surface area contributed by atoms with Crippen LogP contribution in [-0.4, -0.2) is 185 Å².